The van der Waals surface area contributed by atoms with Crippen molar-refractivity contribution in [3.63, 3.8) is 0 Å². The number of nitrogens with zero attached hydrogens (tertiary/aromatic N) is 2. The summed E-state index contributed by atoms with van der Waals surface area (Å²) in [6, 6.07) is 0. The summed E-state index contributed by atoms with van der Waals surface area (Å²) >= 11 is 0. The van der Waals surface area contributed by atoms with Crippen molar-refractivity contribution in [3.8, 4) is 0 Å². The number of amides is 1. The molecule has 0 spiro atoms. The summed E-state index contributed by atoms with van der Waals surface area (Å²) < 4.78 is 49.6. The van der Waals surface area contributed by atoms with E-state index < -0.39 is 33.4 Å². The molecule has 1 atom stereocenters. The van der Waals surface area contributed by atoms with Gasteiger partial charge < -0.3 is 5.73 Å². The van der Waals surface area contributed by atoms with Crippen molar-refractivity contribution in [3.05, 3.63) is 34.8 Å². The van der Waals surface area contributed by atoms with Crippen LogP contribution in [0.1, 0.15) is 47.6 Å². The van der Waals surface area contributed by atoms with Gasteiger partial charge in [-0.3, -0.25) is 4.79 Å². The number of sulfone groups is 1. The van der Waals surface area contributed by atoms with Crippen molar-refractivity contribution in [2.75, 3.05) is 6.26 Å². The summed E-state index contributed by atoms with van der Waals surface area (Å²) in [4.78, 5) is 18.9. The van der Waals surface area contributed by atoms with Gasteiger partial charge in [0.2, 0.25) is 0 Å². The number of aromatic nitrogens is 2. The number of rotatable bonds is 6. The molecule has 0 aromatic carbocycles. The molecular weight excluding hydrogens is 328 g/mol. The van der Waals surface area contributed by atoms with Gasteiger partial charge >= 0.3 is 5.92 Å². The number of hydrogen-bond acceptors (Lipinski definition) is 5. The van der Waals surface area contributed by atoms with E-state index in [1.807, 2.05) is 0 Å². The van der Waals surface area contributed by atoms with E-state index in [2.05, 4.69) is 9.97 Å². The molecule has 0 bridgehead atoms. The molecule has 2 N–H and O–H groups in total. The molecule has 1 aromatic heterocycles. The van der Waals surface area contributed by atoms with Crippen LogP contribution >= 0.6 is 0 Å². The van der Waals surface area contributed by atoms with Crippen LogP contribution in [0.3, 0.4) is 0 Å². The molecule has 1 amide bonds. The van der Waals surface area contributed by atoms with Crippen LogP contribution in [0, 0.1) is 5.92 Å². The highest BCUT2D eigenvalue weighted by Gasteiger charge is 2.36. The van der Waals surface area contributed by atoms with Crippen molar-refractivity contribution in [1.29, 1.82) is 0 Å². The molecule has 1 aliphatic rings. The van der Waals surface area contributed by atoms with Gasteiger partial charge in [-0.2, -0.15) is 8.78 Å². The number of halogens is 2. The van der Waals surface area contributed by atoms with E-state index in [1.54, 1.807) is 0 Å². The summed E-state index contributed by atoms with van der Waals surface area (Å²) in [5.74, 6) is -5.38. The first-order chi connectivity index (χ1) is 10.5. The van der Waals surface area contributed by atoms with Crippen molar-refractivity contribution in [2.45, 2.75) is 31.6 Å². The standard InChI is InChI=1S/C14H17F2N3O3S/c1-14(15,16)13-18-7-10(12(17)20)11(19-13)9(8-3-4-8)5-6-23(2,21)22/h5-9H,3-4H2,1-2H3,(H2,17,20)/b6-5+/t9-/m1/s1. The van der Waals surface area contributed by atoms with E-state index >= 15 is 0 Å². The lowest BCUT2D eigenvalue weighted by Crippen LogP contribution is -2.22. The van der Waals surface area contributed by atoms with Crippen molar-refractivity contribution < 1.29 is 22.0 Å². The molecule has 0 unspecified atom stereocenters. The van der Waals surface area contributed by atoms with Crippen molar-refractivity contribution in [1.82, 2.24) is 9.97 Å². The number of carbonyl (C=O) groups excluding carboxylic acids is 1. The van der Waals surface area contributed by atoms with Crippen LogP contribution in [-0.2, 0) is 15.8 Å². The molecule has 1 aromatic rings. The van der Waals surface area contributed by atoms with Crippen LogP contribution in [0.25, 0.3) is 0 Å². The van der Waals surface area contributed by atoms with Gasteiger partial charge in [0.1, 0.15) is 0 Å². The first kappa shape index (κ1) is 17.5. The first-order valence-corrected chi connectivity index (χ1v) is 8.88. The minimum absolute atomic E-state index is 0.0410. The maximum atomic E-state index is 13.5. The van der Waals surface area contributed by atoms with Crippen LogP contribution in [-0.4, -0.2) is 30.5 Å². The Bertz CT molecular complexity index is 753. The summed E-state index contributed by atoms with van der Waals surface area (Å²) in [6.45, 7) is 0.647. The normalized spacial score (nSPS) is 17.4. The summed E-state index contributed by atoms with van der Waals surface area (Å²) in [5.41, 5.74) is 5.24. The fourth-order valence-electron chi connectivity index (χ4n) is 2.20. The summed E-state index contributed by atoms with van der Waals surface area (Å²) in [7, 11) is -3.39. The third-order valence-corrected chi connectivity index (χ3v) is 4.11. The van der Waals surface area contributed by atoms with Gasteiger partial charge in [0.15, 0.2) is 15.7 Å². The monoisotopic (exact) mass is 345 g/mol. The van der Waals surface area contributed by atoms with Crippen LogP contribution in [0.2, 0.25) is 0 Å². The van der Waals surface area contributed by atoms with Crippen LogP contribution in [0.5, 0.6) is 0 Å². The zero-order chi connectivity index (χ0) is 17.4. The van der Waals surface area contributed by atoms with Crippen LogP contribution in [0.4, 0.5) is 8.78 Å². The summed E-state index contributed by atoms with van der Waals surface area (Å²) in [6.07, 6.45) is 4.95. The predicted molar refractivity (Wildman–Crippen MR) is 79.6 cm³/mol. The fourth-order valence-corrected chi connectivity index (χ4v) is 2.66. The SMILES string of the molecule is CC(F)(F)c1ncc(C(N)=O)c([C@H](/C=C/S(C)(=O)=O)C2CC2)n1. The van der Waals surface area contributed by atoms with Crippen molar-refractivity contribution in [2.24, 2.45) is 11.7 Å². The largest absolute Gasteiger partial charge is 0.365 e. The van der Waals surface area contributed by atoms with Gasteiger partial charge in [0.25, 0.3) is 5.91 Å². The zero-order valence-electron chi connectivity index (χ0n) is 12.7. The fraction of sp³-hybridized carbons (Fsp3) is 0.500. The summed E-state index contributed by atoms with van der Waals surface area (Å²) in [5, 5.41) is 0.993. The van der Waals surface area contributed by atoms with E-state index in [0.29, 0.717) is 6.92 Å². The highest BCUT2D eigenvalue weighted by Crippen LogP contribution is 2.44. The maximum absolute atomic E-state index is 13.5. The second kappa shape index (κ2) is 5.95. The topological polar surface area (TPSA) is 103 Å². The minimum atomic E-state index is -3.39. The number of nitrogens with two attached hydrogens (primary N) is 1. The lowest BCUT2D eigenvalue weighted by atomic mass is 9.95. The van der Waals surface area contributed by atoms with Crippen LogP contribution < -0.4 is 5.73 Å². The number of carbonyl (C=O) groups is 1. The van der Waals surface area contributed by atoms with Gasteiger partial charge in [-0.1, -0.05) is 6.08 Å². The van der Waals surface area contributed by atoms with Gasteiger partial charge in [0.05, 0.1) is 11.3 Å². The Kier molecular flexibility index (Phi) is 4.52. The zero-order valence-corrected chi connectivity index (χ0v) is 13.5. The number of alkyl halides is 2. The molecule has 0 radical (unpaired) electrons. The minimum Gasteiger partial charge on any atom is -0.365 e. The molecule has 0 aliphatic heterocycles. The molecule has 1 fully saturated rings. The number of primary amides is 1. The predicted octanol–water partition coefficient (Wildman–Crippen LogP) is 1.74. The van der Waals surface area contributed by atoms with E-state index in [1.165, 1.54) is 6.08 Å². The molecule has 1 saturated carbocycles. The molecule has 126 valence electrons. The molecule has 6 nitrogen and oxygen atoms in total. The van der Waals surface area contributed by atoms with Gasteiger partial charge in [-0.05, 0) is 18.8 Å². The molecule has 23 heavy (non-hydrogen) atoms. The molecule has 1 heterocycles. The Balaban J connectivity index is 2.56. The van der Waals surface area contributed by atoms with Crippen molar-refractivity contribution >= 4 is 15.7 Å². The Labute approximate surface area is 132 Å². The quantitative estimate of drug-likeness (QED) is 0.846. The first-order valence-electron chi connectivity index (χ1n) is 6.92. The molecule has 1 aliphatic carbocycles. The average Bonchev–Trinajstić information content (AvgIpc) is 3.20. The molecule has 2 rings (SSSR count). The third-order valence-electron chi connectivity index (χ3n) is 3.46. The third kappa shape index (κ3) is 4.54. The highest BCUT2D eigenvalue weighted by molar-refractivity contribution is 7.93. The maximum Gasteiger partial charge on any atom is 0.303 e. The second-order valence-electron chi connectivity index (χ2n) is 5.77. The van der Waals surface area contributed by atoms with Gasteiger partial charge in [-0.15, -0.1) is 0 Å². The smallest absolute Gasteiger partial charge is 0.303 e. The Morgan fingerprint density at radius 3 is 2.52 bits per heavy atom. The second-order valence-corrected chi connectivity index (χ2v) is 7.70. The Morgan fingerprint density at radius 2 is 2.09 bits per heavy atom. The van der Waals surface area contributed by atoms with E-state index in [0.717, 1.165) is 30.7 Å². The Morgan fingerprint density at radius 1 is 1.48 bits per heavy atom. The van der Waals surface area contributed by atoms with Crippen LogP contribution in [0.15, 0.2) is 17.7 Å². The molecule has 0 saturated heterocycles. The Hall–Kier alpha value is -1.90. The lowest BCUT2D eigenvalue weighted by Gasteiger charge is -2.17. The van der Waals surface area contributed by atoms with E-state index in [9.17, 15) is 22.0 Å². The number of hydrogen-bond donors (Lipinski definition) is 1. The van der Waals surface area contributed by atoms with E-state index in [-0.39, 0.29) is 17.2 Å². The number of allylic oxidation sites excluding steroid dienone is 1. The lowest BCUT2D eigenvalue weighted by molar-refractivity contribution is 0.00730. The van der Waals surface area contributed by atoms with Gasteiger partial charge in [-0.25, -0.2) is 18.4 Å². The van der Waals surface area contributed by atoms with E-state index in [4.69, 9.17) is 5.73 Å². The molecule has 9 heteroatoms. The van der Waals surface area contributed by atoms with Gasteiger partial charge in [0, 0.05) is 30.7 Å². The highest BCUT2D eigenvalue weighted by atomic mass is 32.2. The average molecular weight is 345 g/mol. The molecular formula is C14H17F2N3O3S.